The van der Waals surface area contributed by atoms with Crippen molar-refractivity contribution in [2.75, 3.05) is 5.32 Å². The van der Waals surface area contributed by atoms with Gasteiger partial charge in [0.05, 0.1) is 16.2 Å². The fourth-order valence-corrected chi connectivity index (χ4v) is 4.73. The van der Waals surface area contributed by atoms with Gasteiger partial charge in [-0.3, -0.25) is 14.9 Å². The van der Waals surface area contributed by atoms with Gasteiger partial charge in [-0.05, 0) is 36.8 Å². The van der Waals surface area contributed by atoms with Crippen molar-refractivity contribution in [3.05, 3.63) is 49.9 Å². The molecule has 1 N–H and O–H groups in total. The Hall–Kier alpha value is -3.05. The van der Waals surface area contributed by atoms with Gasteiger partial charge in [0.1, 0.15) is 16.8 Å². The van der Waals surface area contributed by atoms with Crippen LogP contribution < -0.4 is 5.32 Å². The maximum absolute atomic E-state index is 12.3. The van der Waals surface area contributed by atoms with Gasteiger partial charge in [0.25, 0.3) is 11.6 Å². The first-order chi connectivity index (χ1) is 12.5. The molecule has 130 valence electrons. The number of anilines is 1. The van der Waals surface area contributed by atoms with E-state index in [1.165, 1.54) is 29.5 Å². The highest BCUT2D eigenvalue weighted by atomic mass is 32.1. The lowest BCUT2D eigenvalue weighted by molar-refractivity contribution is -0.384. The minimum absolute atomic E-state index is 0.104. The molecule has 1 aliphatic heterocycles. The molecule has 1 aliphatic carbocycles. The standard InChI is InChI=1S/C18H14N4O3S/c1-9-2-4-11-13(8-19)18(26-15(11)6-9)21-16-12-7-10(22(24)25)3-5-14(12)20-17(16)23/h3,5,7,9H,2,4,6H2,1H3,(H,20,21,23)/t9-/m0/s1. The minimum Gasteiger partial charge on any atom is -0.320 e. The maximum Gasteiger partial charge on any atom is 0.275 e. The van der Waals surface area contributed by atoms with E-state index in [9.17, 15) is 20.2 Å². The number of carbonyl (C=O) groups excluding carboxylic acids is 1. The molecule has 1 amide bonds. The van der Waals surface area contributed by atoms with Crippen molar-refractivity contribution < 1.29 is 9.72 Å². The predicted octanol–water partition coefficient (Wildman–Crippen LogP) is 3.73. The third kappa shape index (κ3) is 2.57. The summed E-state index contributed by atoms with van der Waals surface area (Å²) in [7, 11) is 0. The van der Waals surface area contributed by atoms with Crippen LogP contribution in [0.2, 0.25) is 0 Å². The lowest BCUT2D eigenvalue weighted by Gasteiger charge is -2.17. The van der Waals surface area contributed by atoms with Crippen molar-refractivity contribution in [3.8, 4) is 6.07 Å². The van der Waals surface area contributed by atoms with Crippen LogP contribution in [0.3, 0.4) is 0 Å². The van der Waals surface area contributed by atoms with E-state index in [-0.39, 0.29) is 11.4 Å². The van der Waals surface area contributed by atoms with Gasteiger partial charge in [0.15, 0.2) is 0 Å². The Bertz CT molecular complexity index is 1030. The molecule has 2 aromatic rings. The molecule has 2 heterocycles. The van der Waals surface area contributed by atoms with E-state index in [1.807, 2.05) is 0 Å². The molecule has 0 fully saturated rings. The van der Waals surface area contributed by atoms with Crippen LogP contribution in [0.15, 0.2) is 23.2 Å². The van der Waals surface area contributed by atoms with Gasteiger partial charge in [-0.25, -0.2) is 4.99 Å². The zero-order valence-electron chi connectivity index (χ0n) is 13.9. The molecule has 0 saturated heterocycles. The van der Waals surface area contributed by atoms with Crippen molar-refractivity contribution in [1.82, 2.24) is 0 Å². The summed E-state index contributed by atoms with van der Waals surface area (Å²) in [4.78, 5) is 28.5. The molecule has 26 heavy (non-hydrogen) atoms. The second kappa shape index (κ2) is 6.04. The SMILES string of the molecule is C[C@H]1CCc2c(sc(/N=C3\C(=O)Nc4ccc([N+](=O)[O-])cc43)c2C#N)C1. The zero-order valence-corrected chi connectivity index (χ0v) is 14.7. The normalized spacial score (nSPS) is 19.6. The number of nitriles is 1. The molecule has 0 unspecified atom stereocenters. The molecule has 1 atom stereocenters. The number of hydrogen-bond acceptors (Lipinski definition) is 6. The Labute approximate surface area is 153 Å². The van der Waals surface area contributed by atoms with Crippen molar-refractivity contribution >= 4 is 39.3 Å². The Balaban J connectivity index is 1.84. The van der Waals surface area contributed by atoms with Crippen molar-refractivity contribution in [3.63, 3.8) is 0 Å². The van der Waals surface area contributed by atoms with Crippen LogP contribution >= 0.6 is 11.3 Å². The lowest BCUT2D eigenvalue weighted by Crippen LogP contribution is -2.13. The summed E-state index contributed by atoms with van der Waals surface area (Å²) >= 11 is 1.44. The van der Waals surface area contributed by atoms with Crippen LogP contribution in [-0.2, 0) is 17.6 Å². The Morgan fingerprint density at radius 3 is 3.00 bits per heavy atom. The van der Waals surface area contributed by atoms with Gasteiger partial charge in [-0.2, -0.15) is 5.26 Å². The summed E-state index contributed by atoms with van der Waals surface area (Å²) in [5.41, 5.74) is 2.46. The second-order valence-corrected chi connectivity index (χ2v) is 7.63. The highest BCUT2D eigenvalue weighted by Crippen LogP contribution is 2.41. The summed E-state index contributed by atoms with van der Waals surface area (Å²) in [6.07, 6.45) is 2.78. The van der Waals surface area contributed by atoms with Crippen LogP contribution in [-0.4, -0.2) is 16.5 Å². The second-order valence-electron chi connectivity index (χ2n) is 6.55. The number of benzene rings is 1. The summed E-state index contributed by atoms with van der Waals surface area (Å²) < 4.78 is 0. The number of hydrogen-bond donors (Lipinski definition) is 1. The summed E-state index contributed by atoms with van der Waals surface area (Å²) in [5, 5.41) is 23.8. The van der Waals surface area contributed by atoms with Gasteiger partial charge in [0, 0.05) is 22.6 Å². The lowest BCUT2D eigenvalue weighted by atomic mass is 9.89. The van der Waals surface area contributed by atoms with E-state index in [4.69, 9.17) is 0 Å². The van der Waals surface area contributed by atoms with Gasteiger partial charge < -0.3 is 5.32 Å². The molecular formula is C18H14N4O3S. The topological polar surface area (TPSA) is 108 Å². The van der Waals surface area contributed by atoms with E-state index in [1.54, 1.807) is 0 Å². The molecule has 1 aromatic carbocycles. The first kappa shape index (κ1) is 16.4. The number of thiophene rings is 1. The molecule has 0 saturated carbocycles. The number of aliphatic imine (C=N–C) groups is 1. The average Bonchev–Trinajstić information content (AvgIpc) is 3.11. The number of rotatable bonds is 2. The first-order valence-electron chi connectivity index (χ1n) is 8.21. The molecule has 1 aromatic heterocycles. The number of non-ortho nitro benzene ring substituents is 1. The smallest absolute Gasteiger partial charge is 0.275 e. The monoisotopic (exact) mass is 366 g/mol. The molecule has 4 rings (SSSR count). The van der Waals surface area contributed by atoms with Crippen LogP contribution in [0.1, 0.15) is 34.9 Å². The van der Waals surface area contributed by atoms with Crippen molar-refractivity contribution in [2.24, 2.45) is 10.9 Å². The zero-order chi connectivity index (χ0) is 18.4. The Kier molecular flexibility index (Phi) is 3.81. The number of nitro groups is 1. The summed E-state index contributed by atoms with van der Waals surface area (Å²) in [5.74, 6) is 0.149. The fraction of sp³-hybridized carbons (Fsp3) is 0.278. The number of fused-ring (bicyclic) bond motifs is 2. The highest BCUT2D eigenvalue weighted by molar-refractivity contribution is 7.16. The van der Waals surface area contributed by atoms with Crippen molar-refractivity contribution in [2.45, 2.75) is 26.2 Å². The maximum atomic E-state index is 12.3. The molecule has 0 spiro atoms. The summed E-state index contributed by atoms with van der Waals surface area (Å²) in [6.45, 7) is 2.18. The van der Waals surface area contributed by atoms with E-state index >= 15 is 0 Å². The van der Waals surface area contributed by atoms with Gasteiger partial charge in [-0.1, -0.05) is 6.92 Å². The number of nitrogens with one attached hydrogen (secondary N) is 1. The number of nitrogens with zero attached hydrogens (tertiary/aromatic N) is 3. The summed E-state index contributed by atoms with van der Waals surface area (Å²) in [6, 6.07) is 6.41. The molecule has 7 nitrogen and oxygen atoms in total. The number of nitro benzene ring substituents is 1. The number of carbonyl (C=O) groups is 1. The van der Waals surface area contributed by atoms with Gasteiger partial charge in [-0.15, -0.1) is 11.3 Å². The van der Waals surface area contributed by atoms with E-state index < -0.39 is 10.8 Å². The van der Waals surface area contributed by atoms with E-state index in [2.05, 4.69) is 23.3 Å². The molecule has 0 bridgehead atoms. The largest absolute Gasteiger partial charge is 0.320 e. The van der Waals surface area contributed by atoms with Crippen LogP contribution in [0, 0.1) is 27.4 Å². The molecular weight excluding hydrogens is 352 g/mol. The minimum atomic E-state index is -0.507. The Morgan fingerprint density at radius 2 is 2.27 bits per heavy atom. The highest BCUT2D eigenvalue weighted by Gasteiger charge is 2.30. The Morgan fingerprint density at radius 1 is 1.46 bits per heavy atom. The van der Waals surface area contributed by atoms with Gasteiger partial charge in [0.2, 0.25) is 0 Å². The van der Waals surface area contributed by atoms with Crippen molar-refractivity contribution in [1.29, 1.82) is 5.26 Å². The van der Waals surface area contributed by atoms with E-state index in [0.29, 0.717) is 27.7 Å². The fourth-order valence-electron chi connectivity index (χ4n) is 3.40. The average molecular weight is 366 g/mol. The van der Waals surface area contributed by atoms with Crippen LogP contribution in [0.5, 0.6) is 0 Å². The first-order valence-corrected chi connectivity index (χ1v) is 9.03. The quantitative estimate of drug-likeness (QED) is 0.645. The third-order valence-electron chi connectivity index (χ3n) is 4.75. The van der Waals surface area contributed by atoms with Crippen LogP contribution in [0.25, 0.3) is 0 Å². The number of amides is 1. The molecule has 8 heteroatoms. The van der Waals surface area contributed by atoms with Gasteiger partial charge >= 0.3 is 0 Å². The van der Waals surface area contributed by atoms with E-state index in [0.717, 1.165) is 29.7 Å². The predicted molar refractivity (Wildman–Crippen MR) is 98.1 cm³/mol. The third-order valence-corrected chi connectivity index (χ3v) is 5.90. The molecule has 2 aliphatic rings. The van der Waals surface area contributed by atoms with Crippen LogP contribution in [0.4, 0.5) is 16.4 Å². The molecule has 0 radical (unpaired) electrons.